The first kappa shape index (κ1) is 17.1. The van der Waals surface area contributed by atoms with Crippen LogP contribution in [0.2, 0.25) is 0 Å². The second kappa shape index (κ2) is 7.52. The van der Waals surface area contributed by atoms with Crippen LogP contribution in [0.1, 0.15) is 24.8 Å². The summed E-state index contributed by atoms with van der Waals surface area (Å²) in [4.78, 5) is 11.2. The molecule has 0 aliphatic carbocycles. The van der Waals surface area contributed by atoms with E-state index in [9.17, 15) is 0 Å². The van der Waals surface area contributed by atoms with Gasteiger partial charge in [0.25, 0.3) is 0 Å². The summed E-state index contributed by atoms with van der Waals surface area (Å²) in [5.41, 5.74) is 6.32. The van der Waals surface area contributed by atoms with Gasteiger partial charge in [0, 0.05) is 30.1 Å². The van der Waals surface area contributed by atoms with Crippen LogP contribution in [0.5, 0.6) is 0 Å². The number of aromatic nitrogens is 4. The topological polar surface area (TPSA) is 46.3 Å². The number of rotatable bonds is 4. The van der Waals surface area contributed by atoms with Crippen molar-refractivity contribution in [3.63, 3.8) is 0 Å². The first-order chi connectivity index (χ1) is 13.9. The van der Waals surface area contributed by atoms with Gasteiger partial charge in [-0.3, -0.25) is 9.88 Å². The van der Waals surface area contributed by atoms with Crippen LogP contribution >= 0.6 is 0 Å². The third-order valence-electron chi connectivity index (χ3n) is 5.44. The van der Waals surface area contributed by atoms with Gasteiger partial charge in [-0.05, 0) is 55.8 Å². The number of nitrogens with zero attached hydrogens (tertiary/aromatic N) is 5. The summed E-state index contributed by atoms with van der Waals surface area (Å²) in [6, 6.07) is 16.8. The third-order valence-corrected chi connectivity index (χ3v) is 5.44. The van der Waals surface area contributed by atoms with Crippen LogP contribution in [0.4, 0.5) is 0 Å². The molecule has 1 saturated heterocycles. The van der Waals surface area contributed by atoms with Crippen LogP contribution in [0.15, 0.2) is 67.1 Å². The summed E-state index contributed by atoms with van der Waals surface area (Å²) in [5, 5.41) is 4.82. The van der Waals surface area contributed by atoms with Gasteiger partial charge in [0.05, 0.1) is 17.6 Å². The van der Waals surface area contributed by atoms with Gasteiger partial charge in [0.2, 0.25) is 0 Å². The molecular weight excluding hydrogens is 346 g/mol. The van der Waals surface area contributed by atoms with Gasteiger partial charge in [-0.25, -0.2) is 9.50 Å². The smallest absolute Gasteiger partial charge is 0.154 e. The standard InChI is InChI=1S/C23H23N5/c1-2-14-27(15-3-1)17-18-4-6-20(7-5-18)22-16-25-23-9-8-21(26-28(22)23)19-10-12-24-13-11-19/h4-13,16H,1-3,14-15,17H2. The zero-order valence-electron chi connectivity index (χ0n) is 15.8. The molecule has 0 radical (unpaired) electrons. The first-order valence-corrected chi connectivity index (χ1v) is 9.94. The van der Waals surface area contributed by atoms with Crippen molar-refractivity contribution in [1.82, 2.24) is 24.5 Å². The van der Waals surface area contributed by atoms with Crippen LogP contribution in [0.3, 0.4) is 0 Å². The van der Waals surface area contributed by atoms with E-state index in [2.05, 4.69) is 39.1 Å². The summed E-state index contributed by atoms with van der Waals surface area (Å²) >= 11 is 0. The van der Waals surface area contributed by atoms with E-state index in [4.69, 9.17) is 5.10 Å². The van der Waals surface area contributed by atoms with E-state index in [-0.39, 0.29) is 0 Å². The number of pyridine rings is 1. The van der Waals surface area contributed by atoms with E-state index in [1.54, 1.807) is 12.4 Å². The lowest BCUT2D eigenvalue weighted by Crippen LogP contribution is -2.28. The van der Waals surface area contributed by atoms with Crippen LogP contribution in [-0.2, 0) is 6.54 Å². The van der Waals surface area contributed by atoms with E-state index < -0.39 is 0 Å². The first-order valence-electron chi connectivity index (χ1n) is 9.94. The fraction of sp³-hybridized carbons (Fsp3) is 0.261. The zero-order valence-corrected chi connectivity index (χ0v) is 15.8. The average Bonchev–Trinajstić information content (AvgIpc) is 3.19. The number of piperidine rings is 1. The van der Waals surface area contributed by atoms with Gasteiger partial charge in [0.1, 0.15) is 0 Å². The number of imidazole rings is 1. The number of likely N-dealkylation sites (tertiary alicyclic amines) is 1. The minimum atomic E-state index is 0.852. The van der Waals surface area contributed by atoms with Crippen molar-refractivity contribution in [2.24, 2.45) is 0 Å². The Morgan fingerprint density at radius 2 is 1.57 bits per heavy atom. The number of fused-ring (bicyclic) bond motifs is 1. The summed E-state index contributed by atoms with van der Waals surface area (Å²) in [7, 11) is 0. The van der Waals surface area contributed by atoms with Crippen LogP contribution in [0.25, 0.3) is 28.2 Å². The van der Waals surface area contributed by atoms with Crippen molar-refractivity contribution in [3.8, 4) is 22.5 Å². The molecular formula is C23H23N5. The minimum Gasteiger partial charge on any atom is -0.299 e. The van der Waals surface area contributed by atoms with Crippen molar-refractivity contribution in [3.05, 3.63) is 72.7 Å². The van der Waals surface area contributed by atoms with Crippen molar-refractivity contribution in [2.45, 2.75) is 25.8 Å². The molecule has 5 rings (SSSR count). The van der Waals surface area contributed by atoms with E-state index in [1.807, 2.05) is 35.0 Å². The highest BCUT2D eigenvalue weighted by Crippen LogP contribution is 2.24. The molecule has 0 saturated carbocycles. The van der Waals surface area contributed by atoms with Crippen LogP contribution < -0.4 is 0 Å². The summed E-state index contributed by atoms with van der Waals surface area (Å²) in [6.07, 6.45) is 9.50. The number of benzene rings is 1. The van der Waals surface area contributed by atoms with E-state index in [0.717, 1.165) is 34.7 Å². The Morgan fingerprint density at radius 1 is 0.786 bits per heavy atom. The van der Waals surface area contributed by atoms with Crippen LogP contribution in [0, 0.1) is 0 Å². The lowest BCUT2D eigenvalue weighted by atomic mass is 10.1. The molecule has 0 N–H and O–H groups in total. The van der Waals surface area contributed by atoms with Gasteiger partial charge in [-0.1, -0.05) is 30.7 Å². The maximum atomic E-state index is 4.82. The molecule has 140 valence electrons. The Morgan fingerprint density at radius 3 is 2.36 bits per heavy atom. The average molecular weight is 369 g/mol. The highest BCUT2D eigenvalue weighted by molar-refractivity contribution is 5.65. The summed E-state index contributed by atoms with van der Waals surface area (Å²) in [5.74, 6) is 0. The van der Waals surface area contributed by atoms with Crippen molar-refractivity contribution < 1.29 is 0 Å². The molecule has 28 heavy (non-hydrogen) atoms. The molecule has 4 aromatic rings. The summed E-state index contributed by atoms with van der Waals surface area (Å²) < 4.78 is 1.93. The Hall–Kier alpha value is -3.05. The maximum Gasteiger partial charge on any atom is 0.154 e. The van der Waals surface area contributed by atoms with E-state index >= 15 is 0 Å². The molecule has 0 unspecified atom stereocenters. The largest absolute Gasteiger partial charge is 0.299 e. The molecule has 5 heteroatoms. The zero-order chi connectivity index (χ0) is 18.8. The fourth-order valence-corrected chi connectivity index (χ4v) is 3.90. The molecule has 4 heterocycles. The normalized spacial score (nSPS) is 15.1. The minimum absolute atomic E-state index is 0.852. The maximum absolute atomic E-state index is 4.82. The Labute approximate surface area is 164 Å². The second-order valence-corrected chi connectivity index (χ2v) is 7.40. The Bertz CT molecular complexity index is 1060. The second-order valence-electron chi connectivity index (χ2n) is 7.40. The fourth-order valence-electron chi connectivity index (χ4n) is 3.90. The molecule has 0 bridgehead atoms. The lowest BCUT2D eigenvalue weighted by Gasteiger charge is -2.26. The SMILES string of the molecule is c1cc(-c2ccc3ncc(-c4ccc(CN5CCCCC5)cc4)n3n2)ccn1. The van der Waals surface area contributed by atoms with Gasteiger partial charge >= 0.3 is 0 Å². The number of hydrogen-bond acceptors (Lipinski definition) is 4. The molecule has 0 atom stereocenters. The van der Waals surface area contributed by atoms with Gasteiger partial charge in [0.15, 0.2) is 5.65 Å². The molecule has 0 amide bonds. The molecule has 1 fully saturated rings. The molecule has 3 aromatic heterocycles. The quantitative estimate of drug-likeness (QED) is 0.533. The highest BCUT2D eigenvalue weighted by atomic mass is 15.3. The van der Waals surface area contributed by atoms with Crippen molar-refractivity contribution >= 4 is 5.65 Å². The highest BCUT2D eigenvalue weighted by Gasteiger charge is 2.12. The van der Waals surface area contributed by atoms with Gasteiger partial charge in [-0.15, -0.1) is 0 Å². The number of hydrogen-bond donors (Lipinski definition) is 0. The molecule has 0 spiro atoms. The summed E-state index contributed by atoms with van der Waals surface area (Å²) in [6.45, 7) is 3.48. The Balaban J connectivity index is 1.44. The molecule has 1 aliphatic rings. The van der Waals surface area contributed by atoms with E-state index in [0.29, 0.717) is 0 Å². The third kappa shape index (κ3) is 3.41. The van der Waals surface area contributed by atoms with Crippen LogP contribution in [-0.4, -0.2) is 37.6 Å². The predicted molar refractivity (Wildman–Crippen MR) is 111 cm³/mol. The van der Waals surface area contributed by atoms with E-state index in [1.165, 1.54) is 37.9 Å². The van der Waals surface area contributed by atoms with Crippen molar-refractivity contribution in [1.29, 1.82) is 0 Å². The Kier molecular flexibility index (Phi) is 4.59. The monoisotopic (exact) mass is 369 g/mol. The molecule has 1 aromatic carbocycles. The predicted octanol–water partition coefficient (Wildman–Crippen LogP) is 4.44. The van der Waals surface area contributed by atoms with Gasteiger partial charge in [-0.2, -0.15) is 5.10 Å². The van der Waals surface area contributed by atoms with Gasteiger partial charge < -0.3 is 0 Å². The lowest BCUT2D eigenvalue weighted by molar-refractivity contribution is 0.221. The molecule has 1 aliphatic heterocycles. The molecule has 5 nitrogen and oxygen atoms in total. The van der Waals surface area contributed by atoms with Crippen molar-refractivity contribution in [2.75, 3.05) is 13.1 Å².